The SMILES string of the molecule is CCCCOc1ccc(-c2nnc(-c3ccc(Br)cc3)n2-c2ccccc2)cc1. The molecule has 0 amide bonds. The fourth-order valence-electron chi connectivity index (χ4n) is 3.11. The van der Waals surface area contributed by atoms with E-state index in [2.05, 4.69) is 49.8 Å². The Hall–Kier alpha value is -2.92. The predicted octanol–water partition coefficient (Wildman–Crippen LogP) is 6.54. The maximum absolute atomic E-state index is 5.79. The van der Waals surface area contributed by atoms with Gasteiger partial charge in [0.1, 0.15) is 5.75 Å². The van der Waals surface area contributed by atoms with Gasteiger partial charge in [0.15, 0.2) is 11.6 Å². The molecule has 3 aromatic carbocycles. The number of nitrogens with zero attached hydrogens (tertiary/aromatic N) is 3. The van der Waals surface area contributed by atoms with Crippen LogP contribution in [0.4, 0.5) is 0 Å². The molecule has 0 fully saturated rings. The molecule has 0 saturated carbocycles. The number of rotatable bonds is 7. The molecule has 0 radical (unpaired) electrons. The molecular weight excluding hydrogens is 426 g/mol. The highest BCUT2D eigenvalue weighted by atomic mass is 79.9. The summed E-state index contributed by atoms with van der Waals surface area (Å²) in [6, 6.07) is 26.4. The van der Waals surface area contributed by atoms with Gasteiger partial charge in [0.05, 0.1) is 6.61 Å². The molecule has 1 heterocycles. The van der Waals surface area contributed by atoms with E-state index in [1.165, 1.54) is 0 Å². The van der Waals surface area contributed by atoms with Crippen LogP contribution in [-0.2, 0) is 0 Å². The average Bonchev–Trinajstić information content (AvgIpc) is 3.21. The first kappa shape index (κ1) is 19.4. The number of hydrogen-bond acceptors (Lipinski definition) is 3. The van der Waals surface area contributed by atoms with Crippen LogP contribution in [-0.4, -0.2) is 21.4 Å². The lowest BCUT2D eigenvalue weighted by atomic mass is 10.1. The van der Waals surface area contributed by atoms with Gasteiger partial charge < -0.3 is 4.74 Å². The second-order valence-electron chi connectivity index (χ2n) is 6.75. The number of para-hydroxylation sites is 1. The monoisotopic (exact) mass is 447 g/mol. The lowest BCUT2D eigenvalue weighted by molar-refractivity contribution is 0.309. The Balaban J connectivity index is 1.75. The topological polar surface area (TPSA) is 39.9 Å². The van der Waals surface area contributed by atoms with Crippen molar-refractivity contribution in [3.8, 4) is 34.2 Å². The fraction of sp³-hybridized carbons (Fsp3) is 0.167. The molecule has 4 rings (SSSR count). The molecule has 0 aliphatic carbocycles. The summed E-state index contributed by atoms with van der Waals surface area (Å²) in [6.07, 6.45) is 2.18. The Morgan fingerprint density at radius 3 is 1.97 bits per heavy atom. The van der Waals surface area contributed by atoms with E-state index in [1.54, 1.807) is 0 Å². The van der Waals surface area contributed by atoms with Crippen LogP contribution in [0.2, 0.25) is 0 Å². The van der Waals surface area contributed by atoms with Crippen molar-refractivity contribution in [1.82, 2.24) is 14.8 Å². The van der Waals surface area contributed by atoms with Crippen LogP contribution in [0, 0.1) is 0 Å². The van der Waals surface area contributed by atoms with Crippen LogP contribution >= 0.6 is 15.9 Å². The highest BCUT2D eigenvalue weighted by Gasteiger charge is 2.17. The van der Waals surface area contributed by atoms with Gasteiger partial charge in [0.25, 0.3) is 0 Å². The number of unbranched alkanes of at least 4 members (excludes halogenated alkanes) is 1. The molecule has 0 aliphatic heterocycles. The van der Waals surface area contributed by atoms with Gasteiger partial charge in [-0.25, -0.2) is 0 Å². The largest absolute Gasteiger partial charge is 0.494 e. The van der Waals surface area contributed by atoms with E-state index in [1.807, 2.05) is 66.7 Å². The van der Waals surface area contributed by atoms with Gasteiger partial charge in [-0.05, 0) is 55.0 Å². The summed E-state index contributed by atoms with van der Waals surface area (Å²) in [5, 5.41) is 9.05. The molecule has 146 valence electrons. The first-order valence-electron chi connectivity index (χ1n) is 9.76. The zero-order valence-corrected chi connectivity index (χ0v) is 17.8. The third-order valence-corrected chi connectivity index (χ3v) is 5.19. The molecular formula is C24H22BrN3O. The summed E-state index contributed by atoms with van der Waals surface area (Å²) in [6.45, 7) is 2.90. The van der Waals surface area contributed by atoms with Gasteiger partial charge in [0, 0.05) is 21.3 Å². The summed E-state index contributed by atoms with van der Waals surface area (Å²) in [7, 11) is 0. The second kappa shape index (κ2) is 9.05. The normalized spacial score (nSPS) is 10.8. The minimum Gasteiger partial charge on any atom is -0.494 e. The van der Waals surface area contributed by atoms with Crippen molar-refractivity contribution < 1.29 is 4.74 Å². The van der Waals surface area contributed by atoms with Crippen molar-refractivity contribution in [1.29, 1.82) is 0 Å². The minimum atomic E-state index is 0.740. The van der Waals surface area contributed by atoms with E-state index in [0.717, 1.165) is 58.1 Å². The third kappa shape index (κ3) is 4.40. The Bertz CT molecular complexity index is 1060. The van der Waals surface area contributed by atoms with E-state index >= 15 is 0 Å². The van der Waals surface area contributed by atoms with Gasteiger partial charge in [-0.1, -0.05) is 59.6 Å². The van der Waals surface area contributed by atoms with Gasteiger partial charge in [-0.15, -0.1) is 10.2 Å². The third-order valence-electron chi connectivity index (χ3n) is 4.66. The van der Waals surface area contributed by atoms with Crippen molar-refractivity contribution in [2.75, 3.05) is 6.61 Å². The Morgan fingerprint density at radius 2 is 1.38 bits per heavy atom. The summed E-state index contributed by atoms with van der Waals surface area (Å²) in [5.74, 6) is 2.48. The molecule has 0 N–H and O–H groups in total. The molecule has 29 heavy (non-hydrogen) atoms. The average molecular weight is 448 g/mol. The summed E-state index contributed by atoms with van der Waals surface area (Å²) >= 11 is 3.50. The van der Waals surface area contributed by atoms with Crippen molar-refractivity contribution in [2.24, 2.45) is 0 Å². The molecule has 4 aromatic rings. The van der Waals surface area contributed by atoms with E-state index in [0.29, 0.717) is 0 Å². The number of hydrogen-bond donors (Lipinski definition) is 0. The van der Waals surface area contributed by atoms with E-state index < -0.39 is 0 Å². The quantitative estimate of drug-likeness (QED) is 0.301. The molecule has 0 unspecified atom stereocenters. The molecule has 0 atom stereocenters. The molecule has 0 aliphatic rings. The maximum Gasteiger partial charge on any atom is 0.168 e. The van der Waals surface area contributed by atoms with Crippen LogP contribution in [0.25, 0.3) is 28.5 Å². The smallest absolute Gasteiger partial charge is 0.168 e. The molecule has 4 nitrogen and oxygen atoms in total. The van der Waals surface area contributed by atoms with Crippen LogP contribution in [0.5, 0.6) is 5.75 Å². The predicted molar refractivity (Wildman–Crippen MR) is 120 cm³/mol. The van der Waals surface area contributed by atoms with Gasteiger partial charge in [-0.3, -0.25) is 4.57 Å². The maximum atomic E-state index is 5.79. The lowest BCUT2D eigenvalue weighted by Gasteiger charge is -2.11. The summed E-state index contributed by atoms with van der Waals surface area (Å²) in [5.41, 5.74) is 3.02. The minimum absolute atomic E-state index is 0.740. The lowest BCUT2D eigenvalue weighted by Crippen LogP contribution is -2.00. The number of benzene rings is 3. The van der Waals surface area contributed by atoms with Crippen molar-refractivity contribution in [3.05, 3.63) is 83.3 Å². The number of halogens is 1. The Kier molecular flexibility index (Phi) is 6.06. The zero-order valence-electron chi connectivity index (χ0n) is 16.3. The number of ether oxygens (including phenoxy) is 1. The van der Waals surface area contributed by atoms with Gasteiger partial charge >= 0.3 is 0 Å². The van der Waals surface area contributed by atoms with Crippen LogP contribution in [0.1, 0.15) is 19.8 Å². The van der Waals surface area contributed by atoms with Gasteiger partial charge in [-0.2, -0.15) is 0 Å². The highest BCUT2D eigenvalue weighted by molar-refractivity contribution is 9.10. The van der Waals surface area contributed by atoms with E-state index in [-0.39, 0.29) is 0 Å². The number of aromatic nitrogens is 3. The molecule has 0 spiro atoms. The summed E-state index contributed by atoms with van der Waals surface area (Å²) in [4.78, 5) is 0. The highest BCUT2D eigenvalue weighted by Crippen LogP contribution is 2.30. The first-order chi connectivity index (χ1) is 14.3. The molecule has 0 saturated heterocycles. The van der Waals surface area contributed by atoms with E-state index in [9.17, 15) is 0 Å². The molecule has 1 aromatic heterocycles. The zero-order chi connectivity index (χ0) is 20.1. The molecule has 0 bridgehead atoms. The van der Waals surface area contributed by atoms with Crippen LogP contribution in [0.3, 0.4) is 0 Å². The van der Waals surface area contributed by atoms with E-state index in [4.69, 9.17) is 4.74 Å². The molecule has 5 heteroatoms. The van der Waals surface area contributed by atoms with Crippen molar-refractivity contribution in [3.63, 3.8) is 0 Å². The second-order valence-corrected chi connectivity index (χ2v) is 7.67. The fourth-order valence-corrected chi connectivity index (χ4v) is 3.38. The van der Waals surface area contributed by atoms with Crippen molar-refractivity contribution >= 4 is 15.9 Å². The van der Waals surface area contributed by atoms with Crippen LogP contribution < -0.4 is 4.74 Å². The van der Waals surface area contributed by atoms with Gasteiger partial charge in [0.2, 0.25) is 0 Å². The standard InChI is InChI=1S/C24H22BrN3O/c1-2-3-17-29-22-15-11-19(12-16-22)24-27-26-23(18-9-13-20(25)14-10-18)28(24)21-7-5-4-6-8-21/h4-16H,2-3,17H2,1H3. The Morgan fingerprint density at radius 1 is 0.793 bits per heavy atom. The van der Waals surface area contributed by atoms with Crippen LogP contribution in [0.15, 0.2) is 83.3 Å². The Labute approximate surface area is 179 Å². The first-order valence-corrected chi connectivity index (χ1v) is 10.6. The van der Waals surface area contributed by atoms with Crippen molar-refractivity contribution in [2.45, 2.75) is 19.8 Å². The summed E-state index contributed by atoms with van der Waals surface area (Å²) < 4.78 is 8.92.